The van der Waals surface area contributed by atoms with Crippen molar-refractivity contribution in [3.8, 4) is 0 Å². The summed E-state index contributed by atoms with van der Waals surface area (Å²) in [6.07, 6.45) is 8.57. The topological polar surface area (TPSA) is 52.7 Å². The van der Waals surface area contributed by atoms with Gasteiger partial charge in [-0.2, -0.15) is 0 Å². The fraction of sp³-hybridized carbons (Fsp3) is 0.739. The van der Waals surface area contributed by atoms with Crippen LogP contribution in [0.5, 0.6) is 0 Å². The number of carbonyl (C=O) groups excluding carboxylic acids is 2. The van der Waals surface area contributed by atoms with Crippen LogP contribution in [0.4, 0.5) is 0 Å². The van der Waals surface area contributed by atoms with Crippen molar-refractivity contribution in [2.75, 3.05) is 33.2 Å². The Kier molecular flexibility index (Phi) is 6.60. The van der Waals surface area contributed by atoms with Crippen molar-refractivity contribution in [1.29, 1.82) is 0 Å². The molecule has 160 valence electrons. The fourth-order valence-electron chi connectivity index (χ4n) is 5.18. The summed E-state index contributed by atoms with van der Waals surface area (Å²) in [5.41, 5.74) is 2.67. The lowest BCUT2D eigenvalue weighted by atomic mass is 9.93. The lowest BCUT2D eigenvalue weighted by Gasteiger charge is -2.33. The van der Waals surface area contributed by atoms with Gasteiger partial charge < -0.3 is 15.1 Å². The molecule has 2 atom stereocenters. The molecule has 2 saturated heterocycles. The van der Waals surface area contributed by atoms with Crippen LogP contribution in [0.1, 0.15) is 66.2 Å². The average Bonchev–Trinajstić information content (AvgIpc) is 3.06. The van der Waals surface area contributed by atoms with Gasteiger partial charge in [-0.05, 0) is 80.8 Å². The van der Waals surface area contributed by atoms with Gasteiger partial charge in [-0.1, -0.05) is 6.92 Å². The van der Waals surface area contributed by atoms with E-state index in [1.165, 1.54) is 24.0 Å². The van der Waals surface area contributed by atoms with Crippen molar-refractivity contribution in [3.05, 3.63) is 21.4 Å². The molecule has 1 aromatic heterocycles. The molecule has 0 radical (unpaired) electrons. The molecule has 0 spiro atoms. The Morgan fingerprint density at radius 1 is 1.07 bits per heavy atom. The zero-order valence-corrected chi connectivity index (χ0v) is 18.7. The molecule has 0 bridgehead atoms. The molecule has 3 heterocycles. The number of piperidine rings is 1. The standard InChI is InChI=1S/C23H35N3O2S/c1-16-9-11-26(12-10-16)23(28)17-7-8-19(14-25(2)13-17)24-22(27)21-20-6-4-3-5-18(20)15-29-21/h15-17,19H,3-14H2,1-2H3,(H,24,27)/t17-,19+/m1/s1. The first-order valence-corrected chi connectivity index (χ1v) is 12.3. The molecule has 2 aliphatic heterocycles. The normalized spacial score (nSPS) is 26.6. The minimum atomic E-state index is 0.0600. The molecular weight excluding hydrogens is 382 g/mol. The summed E-state index contributed by atoms with van der Waals surface area (Å²) < 4.78 is 0. The summed E-state index contributed by atoms with van der Waals surface area (Å²) in [6.45, 7) is 5.71. The van der Waals surface area contributed by atoms with E-state index in [0.717, 1.165) is 75.5 Å². The number of likely N-dealkylation sites (N-methyl/N-ethyl adjacent to an activating group) is 1. The SMILES string of the molecule is CC1CCN(C(=O)[C@@H]2CC[C@H](NC(=O)c3scc4c3CCCC4)CN(C)C2)CC1. The molecule has 6 heteroatoms. The van der Waals surface area contributed by atoms with Crippen molar-refractivity contribution in [2.45, 2.75) is 64.3 Å². The molecule has 29 heavy (non-hydrogen) atoms. The van der Waals surface area contributed by atoms with Gasteiger partial charge in [0.05, 0.1) is 10.8 Å². The van der Waals surface area contributed by atoms with E-state index < -0.39 is 0 Å². The zero-order chi connectivity index (χ0) is 20.4. The molecular formula is C23H35N3O2S. The summed E-state index contributed by atoms with van der Waals surface area (Å²) >= 11 is 1.61. The molecule has 5 nitrogen and oxygen atoms in total. The zero-order valence-electron chi connectivity index (χ0n) is 17.9. The second-order valence-corrected chi connectivity index (χ2v) is 10.3. The smallest absolute Gasteiger partial charge is 0.261 e. The molecule has 0 saturated carbocycles. The van der Waals surface area contributed by atoms with Crippen LogP contribution in [-0.2, 0) is 17.6 Å². The van der Waals surface area contributed by atoms with E-state index in [2.05, 4.69) is 34.5 Å². The summed E-state index contributed by atoms with van der Waals surface area (Å²) in [6, 6.07) is 0.119. The Morgan fingerprint density at radius 3 is 2.62 bits per heavy atom. The van der Waals surface area contributed by atoms with E-state index in [9.17, 15) is 9.59 Å². The number of thiophene rings is 1. The Bertz CT molecular complexity index is 738. The van der Waals surface area contributed by atoms with Crippen LogP contribution < -0.4 is 5.32 Å². The minimum Gasteiger partial charge on any atom is -0.347 e. The third kappa shape index (κ3) is 4.85. The lowest BCUT2D eigenvalue weighted by Crippen LogP contribution is -2.44. The highest BCUT2D eigenvalue weighted by atomic mass is 32.1. The van der Waals surface area contributed by atoms with E-state index in [-0.39, 0.29) is 17.9 Å². The van der Waals surface area contributed by atoms with E-state index in [0.29, 0.717) is 5.91 Å². The van der Waals surface area contributed by atoms with Gasteiger partial charge in [-0.3, -0.25) is 9.59 Å². The third-order valence-corrected chi connectivity index (χ3v) is 8.09. The van der Waals surface area contributed by atoms with Crippen LogP contribution in [0, 0.1) is 11.8 Å². The molecule has 4 rings (SSSR count). The van der Waals surface area contributed by atoms with E-state index in [1.54, 1.807) is 11.3 Å². The number of hydrogen-bond donors (Lipinski definition) is 1. The van der Waals surface area contributed by atoms with Crippen LogP contribution in [0.15, 0.2) is 5.38 Å². The lowest BCUT2D eigenvalue weighted by molar-refractivity contribution is -0.137. The van der Waals surface area contributed by atoms with Gasteiger partial charge in [-0.25, -0.2) is 0 Å². The molecule has 2 amide bonds. The number of aryl methyl sites for hydroxylation is 1. The van der Waals surface area contributed by atoms with Gasteiger partial charge in [0.15, 0.2) is 0 Å². The Morgan fingerprint density at radius 2 is 1.83 bits per heavy atom. The van der Waals surface area contributed by atoms with Gasteiger partial charge in [-0.15, -0.1) is 11.3 Å². The number of nitrogens with one attached hydrogen (secondary N) is 1. The number of likely N-dealkylation sites (tertiary alicyclic amines) is 2. The molecule has 1 aromatic rings. The van der Waals surface area contributed by atoms with Crippen molar-refractivity contribution in [3.63, 3.8) is 0 Å². The largest absolute Gasteiger partial charge is 0.347 e. The Hall–Kier alpha value is -1.40. The first-order chi connectivity index (χ1) is 14.0. The number of carbonyl (C=O) groups is 2. The number of hydrogen-bond acceptors (Lipinski definition) is 4. The van der Waals surface area contributed by atoms with E-state index in [4.69, 9.17) is 0 Å². The highest BCUT2D eigenvalue weighted by Gasteiger charge is 2.32. The first-order valence-electron chi connectivity index (χ1n) is 11.4. The summed E-state index contributed by atoms with van der Waals surface area (Å²) in [7, 11) is 2.08. The molecule has 1 aliphatic carbocycles. The van der Waals surface area contributed by atoms with E-state index >= 15 is 0 Å². The Labute approximate surface area is 178 Å². The van der Waals surface area contributed by atoms with Crippen LogP contribution in [0.2, 0.25) is 0 Å². The van der Waals surface area contributed by atoms with E-state index in [1.807, 2.05) is 0 Å². The molecule has 2 fully saturated rings. The number of fused-ring (bicyclic) bond motifs is 1. The van der Waals surface area contributed by atoms with Gasteiger partial charge in [0.2, 0.25) is 5.91 Å². The monoisotopic (exact) mass is 417 g/mol. The van der Waals surface area contributed by atoms with Crippen LogP contribution in [0.3, 0.4) is 0 Å². The molecule has 3 aliphatic rings. The van der Waals surface area contributed by atoms with Gasteiger partial charge in [0.1, 0.15) is 0 Å². The van der Waals surface area contributed by atoms with Gasteiger partial charge in [0, 0.05) is 32.2 Å². The maximum atomic E-state index is 13.0. The average molecular weight is 418 g/mol. The van der Waals surface area contributed by atoms with Gasteiger partial charge in [0.25, 0.3) is 5.91 Å². The molecule has 0 unspecified atom stereocenters. The maximum absolute atomic E-state index is 13.0. The highest BCUT2D eigenvalue weighted by Crippen LogP contribution is 2.30. The van der Waals surface area contributed by atoms with Crippen LogP contribution in [0.25, 0.3) is 0 Å². The predicted molar refractivity (Wildman–Crippen MR) is 117 cm³/mol. The Balaban J connectivity index is 1.35. The summed E-state index contributed by atoms with van der Waals surface area (Å²) in [5.74, 6) is 1.21. The quantitative estimate of drug-likeness (QED) is 0.821. The third-order valence-electron chi connectivity index (χ3n) is 7.02. The van der Waals surface area contributed by atoms with Crippen LogP contribution >= 0.6 is 11.3 Å². The number of amides is 2. The molecule has 1 N–H and O–H groups in total. The van der Waals surface area contributed by atoms with Crippen molar-refractivity contribution >= 4 is 23.2 Å². The summed E-state index contributed by atoms with van der Waals surface area (Å²) in [4.78, 5) is 31.2. The second kappa shape index (κ2) is 9.17. The predicted octanol–water partition coefficient (Wildman–Crippen LogP) is 3.33. The number of nitrogens with zero attached hydrogens (tertiary/aromatic N) is 2. The second-order valence-electron chi connectivity index (χ2n) is 9.45. The van der Waals surface area contributed by atoms with Crippen LogP contribution in [-0.4, -0.2) is 60.9 Å². The fourth-order valence-corrected chi connectivity index (χ4v) is 6.24. The number of rotatable bonds is 3. The van der Waals surface area contributed by atoms with Crippen molar-refractivity contribution < 1.29 is 9.59 Å². The first kappa shape index (κ1) is 20.9. The van der Waals surface area contributed by atoms with Crippen molar-refractivity contribution in [1.82, 2.24) is 15.1 Å². The summed E-state index contributed by atoms with van der Waals surface area (Å²) in [5, 5.41) is 5.47. The molecule has 0 aromatic carbocycles. The van der Waals surface area contributed by atoms with Crippen molar-refractivity contribution in [2.24, 2.45) is 11.8 Å². The minimum absolute atomic E-state index is 0.0600. The van der Waals surface area contributed by atoms with Gasteiger partial charge >= 0.3 is 0 Å². The maximum Gasteiger partial charge on any atom is 0.261 e. The highest BCUT2D eigenvalue weighted by molar-refractivity contribution is 7.12.